The number of hydrogen-bond acceptors (Lipinski definition) is 3. The van der Waals surface area contributed by atoms with Crippen LogP contribution in [0.2, 0.25) is 0 Å². The minimum atomic E-state index is -0.455. The van der Waals surface area contributed by atoms with Crippen molar-refractivity contribution < 1.29 is 0 Å². The molecule has 0 aromatic rings. The Kier molecular flexibility index (Phi) is 3.65. The molecule has 0 amide bonds. The second-order valence-electron chi connectivity index (χ2n) is 5.80. The second-order valence-corrected chi connectivity index (χ2v) is 5.80. The summed E-state index contributed by atoms with van der Waals surface area (Å²) in [6.45, 7) is 0. The number of nitrogens with one attached hydrogen (secondary N) is 1. The quantitative estimate of drug-likeness (QED) is 0.496. The predicted octanol–water partition coefficient (Wildman–Crippen LogP) is 2.39. The minimum Gasteiger partial charge on any atom is -0.313 e. The van der Waals surface area contributed by atoms with E-state index in [1.54, 1.807) is 0 Å². The largest absolute Gasteiger partial charge is 0.313 e. The lowest BCUT2D eigenvalue weighted by molar-refractivity contribution is 0.269. The molecule has 3 nitrogen and oxygen atoms in total. The van der Waals surface area contributed by atoms with Crippen molar-refractivity contribution in [3.8, 4) is 0 Å². The number of hydrogen-bond donors (Lipinski definition) is 3. The van der Waals surface area contributed by atoms with Gasteiger partial charge in [0, 0.05) is 5.71 Å². The molecule has 3 heteroatoms. The van der Waals surface area contributed by atoms with E-state index in [9.17, 15) is 0 Å². The third-order valence-corrected chi connectivity index (χ3v) is 4.40. The summed E-state index contributed by atoms with van der Waals surface area (Å²) in [5.41, 5.74) is 12.4. The summed E-state index contributed by atoms with van der Waals surface area (Å²) in [5.74, 6) is 1.05. The fourth-order valence-corrected chi connectivity index (χ4v) is 3.21. The Bertz CT molecular complexity index is 244. The first-order chi connectivity index (χ1) is 7.58. The van der Waals surface area contributed by atoms with Crippen LogP contribution in [0.3, 0.4) is 0 Å². The normalized spacial score (nSPS) is 27.9. The van der Waals surface area contributed by atoms with Crippen LogP contribution in [-0.2, 0) is 0 Å². The Labute approximate surface area is 98.5 Å². The summed E-state index contributed by atoms with van der Waals surface area (Å²) in [6.07, 6.45) is 10.3. The van der Waals surface area contributed by atoms with Crippen LogP contribution in [-0.4, -0.2) is 11.4 Å². The topological polar surface area (TPSA) is 75.9 Å². The van der Waals surface area contributed by atoms with Crippen molar-refractivity contribution in [1.82, 2.24) is 0 Å². The lowest BCUT2D eigenvalue weighted by atomic mass is 9.74. The van der Waals surface area contributed by atoms with Crippen LogP contribution >= 0.6 is 0 Å². The second kappa shape index (κ2) is 4.84. The van der Waals surface area contributed by atoms with Crippen LogP contribution in [0.5, 0.6) is 0 Å². The summed E-state index contributed by atoms with van der Waals surface area (Å²) < 4.78 is 0. The molecule has 0 spiro atoms. The molecular formula is C13H25N3. The van der Waals surface area contributed by atoms with Gasteiger partial charge in [-0.15, -0.1) is 0 Å². The van der Waals surface area contributed by atoms with Gasteiger partial charge in [0.25, 0.3) is 0 Å². The highest BCUT2D eigenvalue weighted by Crippen LogP contribution is 2.34. The minimum absolute atomic E-state index is 0.455. The molecule has 0 aromatic heterocycles. The van der Waals surface area contributed by atoms with E-state index in [0.717, 1.165) is 31.4 Å². The Balaban J connectivity index is 1.86. The van der Waals surface area contributed by atoms with Gasteiger partial charge in [-0.25, -0.2) is 0 Å². The molecule has 0 bridgehead atoms. The van der Waals surface area contributed by atoms with Gasteiger partial charge in [-0.1, -0.05) is 19.3 Å². The lowest BCUT2D eigenvalue weighted by Crippen LogP contribution is -2.52. The molecule has 92 valence electrons. The van der Waals surface area contributed by atoms with Crippen LogP contribution in [0.4, 0.5) is 0 Å². The van der Waals surface area contributed by atoms with Crippen molar-refractivity contribution >= 4 is 5.71 Å². The van der Waals surface area contributed by atoms with Crippen LogP contribution in [0, 0.1) is 17.2 Å². The van der Waals surface area contributed by atoms with Crippen LogP contribution < -0.4 is 11.5 Å². The molecule has 2 aliphatic rings. The molecule has 2 aliphatic carbocycles. The highest BCUT2D eigenvalue weighted by molar-refractivity contribution is 5.86. The first-order valence-electron chi connectivity index (χ1n) is 6.74. The smallest absolute Gasteiger partial charge is 0.0637 e. The molecule has 0 saturated heterocycles. The summed E-state index contributed by atoms with van der Waals surface area (Å²) >= 11 is 0. The zero-order valence-electron chi connectivity index (χ0n) is 10.2. The number of nitrogens with two attached hydrogens (primary N) is 2. The molecule has 0 aliphatic heterocycles. The fraction of sp³-hybridized carbons (Fsp3) is 0.923. The molecule has 2 rings (SSSR count). The van der Waals surface area contributed by atoms with Gasteiger partial charge in [-0.05, 0) is 50.4 Å². The van der Waals surface area contributed by atoms with E-state index >= 15 is 0 Å². The van der Waals surface area contributed by atoms with Gasteiger partial charge in [0.2, 0.25) is 0 Å². The summed E-state index contributed by atoms with van der Waals surface area (Å²) in [6, 6.07) is 0. The molecule has 0 heterocycles. The van der Waals surface area contributed by atoms with E-state index in [4.69, 9.17) is 16.9 Å². The van der Waals surface area contributed by atoms with Gasteiger partial charge in [0.15, 0.2) is 0 Å². The van der Waals surface area contributed by atoms with Gasteiger partial charge in [0.05, 0.1) is 5.66 Å². The maximum absolute atomic E-state index is 8.33. The Morgan fingerprint density at radius 3 is 1.94 bits per heavy atom. The van der Waals surface area contributed by atoms with Gasteiger partial charge in [0.1, 0.15) is 0 Å². The number of rotatable bonds is 2. The third-order valence-electron chi connectivity index (χ3n) is 4.40. The monoisotopic (exact) mass is 223 g/mol. The average Bonchev–Trinajstić information content (AvgIpc) is 2.29. The van der Waals surface area contributed by atoms with E-state index in [2.05, 4.69) is 0 Å². The zero-order valence-corrected chi connectivity index (χ0v) is 10.2. The molecule has 0 atom stereocenters. The van der Waals surface area contributed by atoms with Gasteiger partial charge >= 0.3 is 0 Å². The van der Waals surface area contributed by atoms with E-state index < -0.39 is 5.66 Å². The van der Waals surface area contributed by atoms with Crippen molar-refractivity contribution in [2.45, 2.75) is 63.5 Å². The zero-order chi connectivity index (χ0) is 11.6. The maximum atomic E-state index is 8.33. The average molecular weight is 223 g/mol. The highest BCUT2D eigenvalue weighted by Gasteiger charge is 2.32. The fourth-order valence-electron chi connectivity index (χ4n) is 3.21. The lowest BCUT2D eigenvalue weighted by Gasteiger charge is -2.36. The van der Waals surface area contributed by atoms with E-state index in [-0.39, 0.29) is 0 Å². The first kappa shape index (κ1) is 12.1. The Hall–Kier alpha value is -0.410. The molecule has 0 unspecified atom stereocenters. The van der Waals surface area contributed by atoms with Gasteiger partial charge in [-0.3, -0.25) is 0 Å². The van der Waals surface area contributed by atoms with Crippen molar-refractivity contribution in [1.29, 1.82) is 5.41 Å². The van der Waals surface area contributed by atoms with Crippen molar-refractivity contribution in [2.24, 2.45) is 23.3 Å². The summed E-state index contributed by atoms with van der Waals surface area (Å²) in [5, 5.41) is 8.33. The SMILES string of the molecule is N=C(C1CCCCC1)C1CCC(N)(N)CC1. The van der Waals surface area contributed by atoms with Crippen LogP contribution in [0.15, 0.2) is 0 Å². The van der Waals surface area contributed by atoms with Crippen molar-refractivity contribution in [3.05, 3.63) is 0 Å². The molecule has 0 radical (unpaired) electrons. The van der Waals surface area contributed by atoms with E-state index in [0.29, 0.717) is 11.8 Å². The predicted molar refractivity (Wildman–Crippen MR) is 67.4 cm³/mol. The molecular weight excluding hydrogens is 198 g/mol. The van der Waals surface area contributed by atoms with Crippen molar-refractivity contribution in [2.75, 3.05) is 0 Å². The van der Waals surface area contributed by atoms with E-state index in [1.165, 1.54) is 32.1 Å². The molecule has 5 N–H and O–H groups in total. The standard InChI is InChI=1S/C13H25N3/c14-12(10-4-2-1-3-5-10)11-6-8-13(15,16)9-7-11/h10-11,14H,1-9,15-16H2. The maximum Gasteiger partial charge on any atom is 0.0637 e. The Morgan fingerprint density at radius 2 is 1.38 bits per heavy atom. The molecule has 2 saturated carbocycles. The molecule has 16 heavy (non-hydrogen) atoms. The molecule has 0 aromatic carbocycles. The van der Waals surface area contributed by atoms with Gasteiger partial charge < -0.3 is 16.9 Å². The van der Waals surface area contributed by atoms with E-state index in [1.807, 2.05) is 0 Å². The summed E-state index contributed by atoms with van der Waals surface area (Å²) in [7, 11) is 0. The first-order valence-corrected chi connectivity index (χ1v) is 6.74. The van der Waals surface area contributed by atoms with Crippen molar-refractivity contribution in [3.63, 3.8) is 0 Å². The van der Waals surface area contributed by atoms with Gasteiger partial charge in [-0.2, -0.15) is 0 Å². The van der Waals surface area contributed by atoms with Crippen LogP contribution in [0.25, 0.3) is 0 Å². The van der Waals surface area contributed by atoms with Crippen LogP contribution in [0.1, 0.15) is 57.8 Å². The highest BCUT2D eigenvalue weighted by atomic mass is 15.0. The third kappa shape index (κ3) is 2.83. The Morgan fingerprint density at radius 1 is 0.875 bits per heavy atom. The molecule has 2 fully saturated rings. The summed E-state index contributed by atoms with van der Waals surface area (Å²) in [4.78, 5) is 0.